The van der Waals surface area contributed by atoms with Crippen LogP contribution >= 0.6 is 0 Å². The minimum Gasteiger partial charge on any atom is -0.467 e. The molecule has 2 heterocycles. The summed E-state index contributed by atoms with van der Waals surface area (Å²) in [6.45, 7) is 8.50. The second-order valence-corrected chi connectivity index (χ2v) is 12.1. The van der Waals surface area contributed by atoms with E-state index in [-0.39, 0.29) is 0 Å². The molecule has 2 aromatic heterocycles. The Morgan fingerprint density at radius 1 is 0.841 bits per heavy atom. The predicted octanol–water partition coefficient (Wildman–Crippen LogP) is 10.5. The average molecular weight is 597 g/mol. The normalized spacial score (nSPS) is 16.9. The second-order valence-electron chi connectivity index (χ2n) is 12.1. The summed E-state index contributed by atoms with van der Waals surface area (Å²) in [5.41, 5.74) is 4.29. The van der Waals surface area contributed by atoms with Gasteiger partial charge >= 0.3 is 0 Å². The van der Waals surface area contributed by atoms with E-state index >= 15 is 0 Å². The van der Waals surface area contributed by atoms with Crippen LogP contribution in [0.2, 0.25) is 0 Å². The van der Waals surface area contributed by atoms with Crippen LogP contribution in [-0.4, -0.2) is 19.3 Å². The zero-order valence-electron chi connectivity index (χ0n) is 26.8. The van der Waals surface area contributed by atoms with E-state index in [2.05, 4.69) is 63.2 Å². The Hall–Kier alpha value is -3.38. The van der Waals surface area contributed by atoms with Crippen LogP contribution in [0.5, 0.6) is 0 Å². The van der Waals surface area contributed by atoms with Crippen LogP contribution in [0.15, 0.2) is 88.1 Å². The predicted molar refractivity (Wildman–Crippen MR) is 178 cm³/mol. The molecule has 3 atom stereocenters. The minimum absolute atomic E-state index is 0.317. The van der Waals surface area contributed by atoms with Crippen molar-refractivity contribution >= 4 is 21.5 Å². The molecule has 0 spiro atoms. The number of rotatable bonds is 13. The summed E-state index contributed by atoms with van der Waals surface area (Å²) >= 11 is 0. The van der Waals surface area contributed by atoms with E-state index in [9.17, 15) is 0 Å². The number of methoxy groups -OCH3 is 1. The first-order valence-electron chi connectivity index (χ1n) is 16.3. The first-order valence-corrected chi connectivity index (χ1v) is 16.3. The van der Waals surface area contributed by atoms with Crippen LogP contribution in [0.25, 0.3) is 21.5 Å². The minimum atomic E-state index is 0.317. The van der Waals surface area contributed by atoms with Crippen molar-refractivity contribution in [1.82, 2.24) is 0 Å². The summed E-state index contributed by atoms with van der Waals surface area (Å²) in [6.07, 6.45) is 12.5. The van der Waals surface area contributed by atoms with E-state index in [4.69, 9.17) is 23.0 Å². The van der Waals surface area contributed by atoms with Crippen LogP contribution in [0, 0.1) is 0 Å². The van der Waals surface area contributed by atoms with Crippen molar-refractivity contribution in [2.75, 3.05) is 7.11 Å². The molecule has 5 heteroatoms. The molecule has 1 aliphatic carbocycles. The fraction of sp³-hybridized carbons (Fsp3) is 0.436. The topological polar surface area (TPSA) is 54.0 Å². The van der Waals surface area contributed by atoms with E-state index in [1.807, 2.05) is 24.3 Å². The van der Waals surface area contributed by atoms with Crippen molar-refractivity contribution in [1.29, 1.82) is 0 Å². The van der Waals surface area contributed by atoms with Crippen LogP contribution in [-0.2, 0) is 40.5 Å². The van der Waals surface area contributed by atoms with E-state index in [1.165, 1.54) is 70.3 Å². The van der Waals surface area contributed by atoms with E-state index in [0.29, 0.717) is 37.9 Å². The van der Waals surface area contributed by atoms with Gasteiger partial charge in [0, 0.05) is 13.0 Å². The first kappa shape index (κ1) is 32.0. The molecule has 1 aliphatic rings. The largest absolute Gasteiger partial charge is 0.467 e. The molecule has 0 saturated heterocycles. The molecule has 44 heavy (non-hydrogen) atoms. The summed E-state index contributed by atoms with van der Waals surface area (Å²) in [5.74, 6) is 2.08. The third kappa shape index (κ3) is 8.01. The molecule has 6 rings (SSSR count). The van der Waals surface area contributed by atoms with Gasteiger partial charge in [-0.05, 0) is 94.8 Å². The Morgan fingerprint density at radius 3 is 2.27 bits per heavy atom. The van der Waals surface area contributed by atoms with Crippen molar-refractivity contribution in [2.45, 2.75) is 104 Å². The molecule has 0 bridgehead atoms. The fourth-order valence-corrected chi connectivity index (χ4v) is 6.54. The van der Waals surface area contributed by atoms with Crippen LogP contribution in [0.1, 0.15) is 93.4 Å². The number of hydrogen-bond acceptors (Lipinski definition) is 5. The summed E-state index contributed by atoms with van der Waals surface area (Å²) in [4.78, 5) is 0. The molecule has 3 unspecified atom stereocenters. The lowest BCUT2D eigenvalue weighted by Crippen LogP contribution is -2.30. The van der Waals surface area contributed by atoms with Crippen molar-refractivity contribution in [3.8, 4) is 0 Å². The van der Waals surface area contributed by atoms with Gasteiger partial charge in [-0.25, -0.2) is 0 Å². The smallest absolute Gasteiger partial charge is 0.129 e. The highest BCUT2D eigenvalue weighted by atomic mass is 16.5. The van der Waals surface area contributed by atoms with Gasteiger partial charge in [0.05, 0.1) is 31.3 Å². The van der Waals surface area contributed by atoms with E-state index in [0.717, 1.165) is 24.4 Å². The average Bonchev–Trinajstić information content (AvgIpc) is 3.76. The van der Waals surface area contributed by atoms with Gasteiger partial charge in [-0.3, -0.25) is 0 Å². The van der Waals surface area contributed by atoms with Crippen molar-refractivity contribution < 1.29 is 23.0 Å². The highest BCUT2D eigenvalue weighted by molar-refractivity contribution is 6.10. The van der Waals surface area contributed by atoms with Crippen LogP contribution in [0.3, 0.4) is 0 Å². The van der Waals surface area contributed by atoms with Crippen LogP contribution < -0.4 is 0 Å². The van der Waals surface area contributed by atoms with Crippen molar-refractivity contribution in [3.05, 3.63) is 107 Å². The SMILES string of the molecule is CCCCCCC(C)OC1CCc2c(ccc3c2c(COC)cc2ccccc23)C1C.c1coc(COCc2ccco2)c1. The van der Waals surface area contributed by atoms with Gasteiger partial charge in [-0.1, -0.05) is 75.9 Å². The molecule has 0 saturated carbocycles. The maximum atomic E-state index is 6.58. The lowest BCUT2D eigenvalue weighted by Gasteiger charge is -2.34. The Morgan fingerprint density at radius 2 is 1.59 bits per heavy atom. The van der Waals surface area contributed by atoms with Gasteiger partial charge in [-0.2, -0.15) is 0 Å². The number of benzene rings is 3. The number of aryl methyl sites for hydroxylation is 1. The number of furan rings is 2. The van der Waals surface area contributed by atoms with Gasteiger partial charge in [0.15, 0.2) is 0 Å². The second kappa shape index (κ2) is 16.1. The molecule has 234 valence electrons. The van der Waals surface area contributed by atoms with Gasteiger partial charge in [0.2, 0.25) is 0 Å². The van der Waals surface area contributed by atoms with Gasteiger partial charge in [0.25, 0.3) is 0 Å². The van der Waals surface area contributed by atoms with Gasteiger partial charge < -0.3 is 23.0 Å². The monoisotopic (exact) mass is 596 g/mol. The van der Waals surface area contributed by atoms with Gasteiger partial charge in [-0.15, -0.1) is 0 Å². The summed E-state index contributed by atoms with van der Waals surface area (Å²) < 4.78 is 27.7. The number of hydrogen-bond donors (Lipinski definition) is 0. The van der Waals surface area contributed by atoms with Gasteiger partial charge in [0.1, 0.15) is 24.7 Å². The quantitative estimate of drug-likeness (QED) is 0.1000. The molecule has 0 aliphatic heterocycles. The summed E-state index contributed by atoms with van der Waals surface area (Å²) in [7, 11) is 1.80. The molecule has 5 aromatic rings. The first-order chi connectivity index (χ1) is 21.6. The highest BCUT2D eigenvalue weighted by Gasteiger charge is 2.30. The Balaban J connectivity index is 0.000000245. The molecular weight excluding hydrogens is 548 g/mol. The molecule has 0 amide bonds. The lowest BCUT2D eigenvalue weighted by molar-refractivity contribution is -0.0261. The zero-order valence-corrected chi connectivity index (χ0v) is 26.8. The van der Waals surface area contributed by atoms with Crippen molar-refractivity contribution in [2.24, 2.45) is 0 Å². The molecule has 0 radical (unpaired) electrons. The van der Waals surface area contributed by atoms with Crippen LogP contribution in [0.4, 0.5) is 0 Å². The van der Waals surface area contributed by atoms with Crippen molar-refractivity contribution in [3.63, 3.8) is 0 Å². The maximum Gasteiger partial charge on any atom is 0.129 e. The Bertz CT molecular complexity index is 1520. The molecule has 0 fully saturated rings. The van der Waals surface area contributed by atoms with E-state index < -0.39 is 0 Å². The summed E-state index contributed by atoms with van der Waals surface area (Å²) in [6, 6.07) is 23.2. The number of ether oxygens (including phenoxy) is 3. The molecule has 5 nitrogen and oxygen atoms in total. The third-order valence-electron chi connectivity index (χ3n) is 8.80. The molecule has 0 N–H and O–H groups in total. The standard InChI is InChI=1S/C29H38O2.C10H10O3/c1-5-6-7-8-11-20(2)31-28-17-16-26-24(21(28)3)14-15-27-25-13-10-9-12-22(25)18-23(19-30-4)29(26)27;1-3-9(12-5-1)7-11-8-10-4-2-6-13-10/h9-10,12-15,18,20-21,28H,5-8,11,16-17,19H2,1-4H3;1-6H,7-8H2. The number of fused-ring (bicyclic) bond motifs is 5. The highest BCUT2D eigenvalue weighted by Crippen LogP contribution is 2.41. The lowest BCUT2D eigenvalue weighted by atomic mass is 9.78. The number of unbranched alkanes of at least 4 members (excludes halogenated alkanes) is 3. The van der Waals surface area contributed by atoms with E-state index in [1.54, 1.807) is 19.6 Å². The molecule has 3 aromatic carbocycles. The summed E-state index contributed by atoms with van der Waals surface area (Å²) in [5, 5.41) is 5.41. The Kier molecular flexibility index (Phi) is 11.7. The molecular formula is C39H48O5. The fourth-order valence-electron chi connectivity index (χ4n) is 6.54. The zero-order chi connectivity index (χ0) is 30.7. The maximum absolute atomic E-state index is 6.58. The Labute approximate surface area is 262 Å². The third-order valence-corrected chi connectivity index (χ3v) is 8.80.